The summed E-state index contributed by atoms with van der Waals surface area (Å²) in [5.74, 6) is 0. The molecule has 0 N–H and O–H groups in total. The Kier molecular flexibility index (Phi) is 2.95. The second kappa shape index (κ2) is 3.78. The van der Waals surface area contributed by atoms with Crippen molar-refractivity contribution < 1.29 is 23.5 Å². The zero-order chi connectivity index (χ0) is 9.03. The standard InChI is InChI=1S/C5H5.C2H5.2CO.Ru/c1-2-4-5-3-1;3*1-2;/h1-3H,4H2;1H2,2H3;;;. The van der Waals surface area contributed by atoms with Crippen LogP contribution in [0, 0.1) is 0 Å². The van der Waals surface area contributed by atoms with Crippen LogP contribution in [-0.2, 0) is 23.5 Å². The summed E-state index contributed by atoms with van der Waals surface area (Å²) in [4.78, 5) is 21.4. The van der Waals surface area contributed by atoms with E-state index in [1.54, 1.807) is 0 Å². The Bertz CT molecular complexity index is 376. The topological polar surface area (TPSA) is 34.1 Å². The fourth-order valence-electron chi connectivity index (χ4n) is 1.01. The third kappa shape index (κ3) is 1.40. The van der Waals surface area contributed by atoms with E-state index in [1.807, 2.05) is 34.1 Å². The van der Waals surface area contributed by atoms with Crippen LogP contribution in [0.2, 0.25) is 5.02 Å². The maximum absolute atomic E-state index is 10.7. The van der Waals surface area contributed by atoms with Crippen molar-refractivity contribution in [3.63, 3.8) is 0 Å². The van der Waals surface area contributed by atoms with E-state index in [0.717, 1.165) is 10.6 Å². The van der Waals surface area contributed by atoms with E-state index < -0.39 is 13.9 Å². The van der Waals surface area contributed by atoms with E-state index in [0.29, 0.717) is 5.02 Å². The molecule has 0 atom stereocenters. The van der Waals surface area contributed by atoms with Crippen LogP contribution in [0.15, 0.2) is 22.4 Å². The van der Waals surface area contributed by atoms with Crippen LogP contribution >= 0.6 is 0 Å². The summed E-state index contributed by atoms with van der Waals surface area (Å²) in [6, 6.07) is 0. The van der Waals surface area contributed by atoms with Gasteiger partial charge < -0.3 is 0 Å². The molecule has 3 heteroatoms. The van der Waals surface area contributed by atoms with Crippen LogP contribution < -0.4 is 0 Å². The summed E-state index contributed by atoms with van der Waals surface area (Å²) >= 11 is -2.93. The van der Waals surface area contributed by atoms with Gasteiger partial charge in [-0.1, -0.05) is 0 Å². The molecule has 2 nitrogen and oxygen atoms in total. The summed E-state index contributed by atoms with van der Waals surface area (Å²) in [5.41, 5.74) is 0. The molecule has 1 rings (SSSR count). The third-order valence-corrected chi connectivity index (χ3v) is 7.33. The van der Waals surface area contributed by atoms with Gasteiger partial charge in [-0.05, 0) is 0 Å². The fourth-order valence-corrected chi connectivity index (χ4v) is 4.30. The summed E-state index contributed by atoms with van der Waals surface area (Å²) < 4.78 is 4.86. The van der Waals surface area contributed by atoms with Gasteiger partial charge in [0, 0.05) is 0 Å². The van der Waals surface area contributed by atoms with E-state index in [9.17, 15) is 9.59 Å². The second-order valence-corrected chi connectivity index (χ2v) is 8.47. The van der Waals surface area contributed by atoms with E-state index in [-0.39, 0.29) is 0 Å². The molecule has 0 amide bonds. The zero-order valence-electron chi connectivity index (χ0n) is 6.82. The fraction of sp³-hybridized carbons (Fsp3) is 0.333. The molecule has 1 aliphatic carbocycles. The van der Waals surface area contributed by atoms with Gasteiger partial charge in [0.1, 0.15) is 0 Å². The van der Waals surface area contributed by atoms with E-state index >= 15 is 0 Å². The Morgan fingerprint density at radius 2 is 2.17 bits per heavy atom. The molecule has 0 aliphatic heterocycles. The van der Waals surface area contributed by atoms with Crippen molar-refractivity contribution >= 4 is 8.95 Å². The van der Waals surface area contributed by atoms with Gasteiger partial charge in [-0.3, -0.25) is 0 Å². The molecule has 1 aliphatic rings. The number of allylic oxidation sites excluding steroid dienone is 4. The molecule has 0 heterocycles. The van der Waals surface area contributed by atoms with Crippen LogP contribution in [-0.4, -0.2) is 8.95 Å². The molecule has 66 valence electrons. The molecule has 0 unspecified atom stereocenters. The first-order chi connectivity index (χ1) is 5.79. The van der Waals surface area contributed by atoms with Crippen molar-refractivity contribution in [2.45, 2.75) is 18.4 Å². The number of rotatable bonds is 2. The van der Waals surface area contributed by atoms with Gasteiger partial charge in [0.05, 0.1) is 0 Å². The summed E-state index contributed by atoms with van der Waals surface area (Å²) in [5, 5.41) is 0.608. The van der Waals surface area contributed by atoms with Crippen molar-refractivity contribution in [2.75, 3.05) is 0 Å². The molecular formula is C9H10O2Ru. The second-order valence-electron chi connectivity index (χ2n) is 2.26. The van der Waals surface area contributed by atoms with Gasteiger partial charge >= 0.3 is 73.2 Å². The maximum atomic E-state index is 10.7. The molecule has 0 spiro atoms. The van der Waals surface area contributed by atoms with Crippen LogP contribution in [0.1, 0.15) is 13.3 Å². The van der Waals surface area contributed by atoms with E-state index in [1.165, 1.54) is 0 Å². The van der Waals surface area contributed by atoms with Crippen molar-refractivity contribution in [1.82, 2.24) is 0 Å². The molecule has 0 fully saturated rings. The first-order valence-electron chi connectivity index (χ1n) is 3.61. The minimum atomic E-state index is -2.93. The average Bonchev–Trinajstić information content (AvgIpc) is 2.62. The summed E-state index contributed by atoms with van der Waals surface area (Å²) in [7, 11) is 0. The number of hydrogen-bond acceptors (Lipinski definition) is 2. The van der Waals surface area contributed by atoms with Crippen LogP contribution in [0.5, 0.6) is 0 Å². The Balaban J connectivity index is 3.33. The van der Waals surface area contributed by atoms with E-state index in [2.05, 4.69) is 0 Å². The number of carbonyl (C=O) groups excluding carboxylic acids is 2. The first-order valence-corrected chi connectivity index (χ1v) is 7.45. The van der Waals surface area contributed by atoms with Crippen molar-refractivity contribution in [1.29, 1.82) is 0 Å². The molecular weight excluding hydrogens is 241 g/mol. The Morgan fingerprint density at radius 3 is 2.50 bits per heavy atom. The summed E-state index contributed by atoms with van der Waals surface area (Å²) in [6.45, 7) is 1.86. The van der Waals surface area contributed by atoms with Gasteiger partial charge in [0.2, 0.25) is 0 Å². The van der Waals surface area contributed by atoms with Gasteiger partial charge in [-0.25, -0.2) is 0 Å². The Morgan fingerprint density at radius 1 is 1.50 bits per heavy atom. The summed E-state index contributed by atoms with van der Waals surface area (Å²) in [6.07, 6.45) is 6.44. The predicted molar refractivity (Wildman–Crippen MR) is 43.7 cm³/mol. The minimum absolute atomic E-state index is 0.608. The molecule has 0 aromatic rings. The van der Waals surface area contributed by atoms with Crippen LogP contribution in [0.25, 0.3) is 0 Å². The molecule has 0 aromatic carbocycles. The number of hydrogen-bond donors (Lipinski definition) is 0. The van der Waals surface area contributed by atoms with Crippen molar-refractivity contribution in [3.05, 3.63) is 22.4 Å². The first kappa shape index (κ1) is 9.35. The zero-order valence-corrected chi connectivity index (χ0v) is 8.55. The Hall–Kier alpha value is -0.737. The van der Waals surface area contributed by atoms with Crippen molar-refractivity contribution in [3.8, 4) is 0 Å². The van der Waals surface area contributed by atoms with Crippen molar-refractivity contribution in [2.24, 2.45) is 0 Å². The quantitative estimate of drug-likeness (QED) is 0.698. The molecule has 0 radical (unpaired) electrons. The third-order valence-electron chi connectivity index (χ3n) is 1.73. The predicted octanol–water partition coefficient (Wildman–Crippen LogP) is 1.56. The van der Waals surface area contributed by atoms with E-state index in [4.69, 9.17) is 0 Å². The molecule has 0 bridgehead atoms. The normalized spacial score (nSPS) is 16.6. The molecule has 0 saturated heterocycles. The average molecular weight is 251 g/mol. The van der Waals surface area contributed by atoms with Crippen LogP contribution in [0.3, 0.4) is 0 Å². The van der Waals surface area contributed by atoms with Gasteiger partial charge in [-0.15, -0.1) is 0 Å². The SMILES string of the molecule is C[CH2][Ru](=[C]=O)(=[C]=O)[C]1=CC=CC1. The molecule has 12 heavy (non-hydrogen) atoms. The van der Waals surface area contributed by atoms with Gasteiger partial charge in [-0.2, -0.15) is 0 Å². The Labute approximate surface area is 73.4 Å². The van der Waals surface area contributed by atoms with Gasteiger partial charge in [0.25, 0.3) is 0 Å². The monoisotopic (exact) mass is 252 g/mol. The van der Waals surface area contributed by atoms with Crippen LogP contribution in [0.4, 0.5) is 0 Å². The molecule has 0 aromatic heterocycles. The molecule has 0 saturated carbocycles. The van der Waals surface area contributed by atoms with Gasteiger partial charge in [0.15, 0.2) is 0 Å².